The second-order valence-corrected chi connectivity index (χ2v) is 9.00. The Balaban J connectivity index is 2.12. The highest BCUT2D eigenvalue weighted by Crippen LogP contribution is 2.44. The SMILES string of the molecule is COC(=O)C1C2CN(C)C(C)CN2c2c(c(=O)n(C)c3c(F)c(C)c(F)cc23)N1CCCO. The number of rotatable bonds is 4. The van der Waals surface area contributed by atoms with E-state index >= 15 is 4.39 Å². The van der Waals surface area contributed by atoms with E-state index in [9.17, 15) is 19.1 Å². The first-order chi connectivity index (χ1) is 15.6. The number of carbonyl (C=O) groups excluding carboxylic acids is 1. The molecule has 1 aromatic heterocycles. The van der Waals surface area contributed by atoms with Gasteiger partial charge in [0.25, 0.3) is 5.56 Å². The molecule has 1 aromatic carbocycles. The number of halogens is 2. The van der Waals surface area contributed by atoms with Crippen molar-refractivity contribution < 1.29 is 23.4 Å². The van der Waals surface area contributed by atoms with E-state index in [0.717, 1.165) is 0 Å². The highest BCUT2D eigenvalue weighted by molar-refractivity contribution is 6.02. The van der Waals surface area contributed by atoms with Crippen LogP contribution in [-0.4, -0.2) is 79.1 Å². The van der Waals surface area contributed by atoms with Crippen molar-refractivity contribution in [3.8, 4) is 0 Å². The number of aliphatic hydroxyl groups excluding tert-OH is 1. The van der Waals surface area contributed by atoms with E-state index < -0.39 is 35.2 Å². The average molecular weight is 465 g/mol. The van der Waals surface area contributed by atoms with Gasteiger partial charge in [0.1, 0.15) is 17.5 Å². The first-order valence-corrected chi connectivity index (χ1v) is 11.1. The number of hydrogen-bond acceptors (Lipinski definition) is 7. The molecular weight excluding hydrogens is 434 g/mol. The molecule has 33 heavy (non-hydrogen) atoms. The van der Waals surface area contributed by atoms with Gasteiger partial charge in [0, 0.05) is 50.3 Å². The number of aliphatic hydroxyl groups is 1. The van der Waals surface area contributed by atoms with Crippen LogP contribution in [0.5, 0.6) is 0 Å². The highest BCUT2D eigenvalue weighted by Gasteiger charge is 2.49. The van der Waals surface area contributed by atoms with Gasteiger partial charge in [-0.2, -0.15) is 0 Å². The van der Waals surface area contributed by atoms with Crippen molar-refractivity contribution in [1.82, 2.24) is 9.47 Å². The molecular formula is C23H30F2N4O4. The van der Waals surface area contributed by atoms with E-state index in [2.05, 4.69) is 4.90 Å². The van der Waals surface area contributed by atoms with E-state index in [0.29, 0.717) is 25.2 Å². The van der Waals surface area contributed by atoms with Crippen molar-refractivity contribution in [3.05, 3.63) is 33.6 Å². The summed E-state index contributed by atoms with van der Waals surface area (Å²) in [5.74, 6) is -1.97. The van der Waals surface area contributed by atoms with Gasteiger partial charge in [-0.1, -0.05) is 0 Å². The number of likely N-dealkylation sites (N-methyl/N-ethyl adjacent to an activating group) is 1. The summed E-state index contributed by atoms with van der Waals surface area (Å²) in [5, 5.41) is 9.78. The van der Waals surface area contributed by atoms with E-state index in [1.165, 1.54) is 31.7 Å². The number of anilines is 2. The van der Waals surface area contributed by atoms with Crippen LogP contribution in [0, 0.1) is 18.6 Å². The maximum Gasteiger partial charge on any atom is 0.330 e. The molecule has 2 aliphatic rings. The quantitative estimate of drug-likeness (QED) is 0.685. The molecule has 0 radical (unpaired) electrons. The van der Waals surface area contributed by atoms with Crippen molar-refractivity contribution in [2.24, 2.45) is 7.05 Å². The first kappa shape index (κ1) is 23.4. The van der Waals surface area contributed by atoms with Crippen LogP contribution < -0.4 is 15.4 Å². The van der Waals surface area contributed by atoms with Crippen LogP contribution >= 0.6 is 0 Å². The van der Waals surface area contributed by atoms with Crippen LogP contribution in [0.15, 0.2) is 10.9 Å². The minimum Gasteiger partial charge on any atom is -0.467 e. The second-order valence-electron chi connectivity index (χ2n) is 9.00. The van der Waals surface area contributed by atoms with E-state index in [1.54, 1.807) is 4.90 Å². The van der Waals surface area contributed by atoms with E-state index in [4.69, 9.17) is 4.74 Å². The van der Waals surface area contributed by atoms with Gasteiger partial charge in [-0.15, -0.1) is 0 Å². The molecule has 2 aliphatic heterocycles. The molecule has 180 valence electrons. The van der Waals surface area contributed by atoms with Gasteiger partial charge < -0.3 is 24.2 Å². The van der Waals surface area contributed by atoms with Crippen molar-refractivity contribution in [3.63, 3.8) is 0 Å². The van der Waals surface area contributed by atoms with Gasteiger partial charge in [-0.05, 0) is 33.4 Å². The van der Waals surface area contributed by atoms with Crippen molar-refractivity contribution >= 4 is 28.2 Å². The predicted octanol–water partition coefficient (Wildman–Crippen LogP) is 1.38. The van der Waals surface area contributed by atoms with Gasteiger partial charge in [0.05, 0.1) is 24.4 Å². The Kier molecular flexibility index (Phi) is 6.09. The molecule has 0 saturated carbocycles. The molecule has 8 nitrogen and oxygen atoms in total. The van der Waals surface area contributed by atoms with Gasteiger partial charge in [-0.25, -0.2) is 13.6 Å². The Morgan fingerprint density at radius 3 is 2.58 bits per heavy atom. The summed E-state index contributed by atoms with van der Waals surface area (Å²) in [6.07, 6.45) is 0.309. The summed E-state index contributed by atoms with van der Waals surface area (Å²) in [5.41, 5.74) is 0.0143. The third-order valence-electron chi connectivity index (χ3n) is 7.11. The van der Waals surface area contributed by atoms with Crippen LogP contribution in [0.3, 0.4) is 0 Å². The molecule has 1 N–H and O–H groups in total. The summed E-state index contributed by atoms with van der Waals surface area (Å²) in [7, 11) is 4.70. The van der Waals surface area contributed by atoms with Gasteiger partial charge in [0.2, 0.25) is 0 Å². The summed E-state index contributed by atoms with van der Waals surface area (Å²) in [6.45, 7) is 4.40. The van der Waals surface area contributed by atoms with Gasteiger partial charge in [0.15, 0.2) is 5.82 Å². The smallest absolute Gasteiger partial charge is 0.330 e. The van der Waals surface area contributed by atoms with Crippen LogP contribution in [-0.2, 0) is 16.6 Å². The number of pyridine rings is 1. The number of carbonyl (C=O) groups is 1. The Hall–Kier alpha value is -2.72. The zero-order valence-corrected chi connectivity index (χ0v) is 19.6. The highest BCUT2D eigenvalue weighted by atomic mass is 19.1. The fourth-order valence-electron chi connectivity index (χ4n) is 5.16. The number of methoxy groups -OCH3 is 1. The molecule has 0 amide bonds. The third-order valence-corrected chi connectivity index (χ3v) is 7.11. The lowest BCUT2D eigenvalue weighted by Crippen LogP contribution is -2.69. The topological polar surface area (TPSA) is 78.2 Å². The average Bonchev–Trinajstić information content (AvgIpc) is 2.79. The Morgan fingerprint density at radius 2 is 1.94 bits per heavy atom. The lowest BCUT2D eigenvalue weighted by Gasteiger charge is -2.54. The van der Waals surface area contributed by atoms with Crippen LogP contribution in [0.4, 0.5) is 20.2 Å². The number of nitrogens with zero attached hydrogens (tertiary/aromatic N) is 4. The van der Waals surface area contributed by atoms with Crippen LogP contribution in [0.1, 0.15) is 18.9 Å². The Labute approximate surface area is 190 Å². The number of hydrogen-bond donors (Lipinski definition) is 1. The standard InChI is InChI=1S/C23H30F2N4O4/c1-12-10-29-16(11-26(12)3)20(23(32)33-5)28(7-6-8-30)21-19(29)14-9-15(24)13(2)17(25)18(14)27(4)22(21)31/h9,12,16,20,30H,6-8,10-11H2,1-5H3. The molecule has 2 aromatic rings. The van der Waals surface area contributed by atoms with Crippen molar-refractivity contribution in [2.45, 2.75) is 38.4 Å². The zero-order chi connectivity index (χ0) is 24.2. The third kappa shape index (κ3) is 3.47. The first-order valence-electron chi connectivity index (χ1n) is 11.1. The molecule has 3 heterocycles. The summed E-state index contributed by atoms with van der Waals surface area (Å²) < 4.78 is 36.3. The summed E-state index contributed by atoms with van der Waals surface area (Å²) in [6, 6.07) is 0.131. The lowest BCUT2D eigenvalue weighted by molar-refractivity contribution is -0.143. The number of esters is 1. The molecule has 3 atom stereocenters. The number of fused-ring (bicyclic) bond motifs is 5. The number of aryl methyl sites for hydroxylation is 1. The largest absolute Gasteiger partial charge is 0.467 e. The van der Waals surface area contributed by atoms with Crippen LogP contribution in [0.25, 0.3) is 10.9 Å². The maximum absolute atomic E-state index is 15.2. The molecule has 0 aliphatic carbocycles. The molecule has 1 fully saturated rings. The minimum absolute atomic E-state index is 0.0293. The van der Waals surface area contributed by atoms with E-state index in [-0.39, 0.29) is 41.3 Å². The Morgan fingerprint density at radius 1 is 1.24 bits per heavy atom. The van der Waals surface area contributed by atoms with Crippen LogP contribution in [0.2, 0.25) is 0 Å². The van der Waals surface area contributed by atoms with Gasteiger partial charge >= 0.3 is 5.97 Å². The number of piperazine rings is 1. The number of aromatic nitrogens is 1. The Bertz CT molecular complexity index is 1170. The van der Waals surface area contributed by atoms with Gasteiger partial charge in [-0.3, -0.25) is 9.69 Å². The molecule has 3 unspecified atom stereocenters. The summed E-state index contributed by atoms with van der Waals surface area (Å²) in [4.78, 5) is 32.3. The monoisotopic (exact) mass is 464 g/mol. The van der Waals surface area contributed by atoms with E-state index in [1.807, 2.05) is 18.9 Å². The number of ether oxygens (including phenoxy) is 1. The summed E-state index contributed by atoms with van der Waals surface area (Å²) >= 11 is 0. The lowest BCUT2D eigenvalue weighted by atomic mass is 9.92. The molecule has 1 saturated heterocycles. The normalized spacial score (nSPS) is 23.0. The molecule has 4 rings (SSSR count). The second kappa shape index (κ2) is 8.57. The maximum atomic E-state index is 15.2. The van der Waals surface area contributed by atoms with Crippen molar-refractivity contribution in [2.75, 3.05) is 50.2 Å². The molecule has 10 heteroatoms. The van der Waals surface area contributed by atoms with Crippen molar-refractivity contribution in [1.29, 1.82) is 0 Å². The fraction of sp³-hybridized carbons (Fsp3) is 0.565. The molecule has 0 bridgehead atoms. The number of benzene rings is 1. The minimum atomic E-state index is -0.811. The zero-order valence-electron chi connectivity index (χ0n) is 19.6. The fourth-order valence-corrected chi connectivity index (χ4v) is 5.16. The molecule has 0 spiro atoms. The predicted molar refractivity (Wildman–Crippen MR) is 122 cm³/mol.